The topological polar surface area (TPSA) is 116 Å². The van der Waals surface area contributed by atoms with E-state index >= 15 is 0 Å². The van der Waals surface area contributed by atoms with Gasteiger partial charge in [0.05, 0.1) is 34.9 Å². The zero-order valence-electron chi connectivity index (χ0n) is 16.5. The Morgan fingerprint density at radius 3 is 2.63 bits per heavy atom. The Hall–Kier alpha value is -3.04. The molecule has 30 heavy (non-hydrogen) atoms. The van der Waals surface area contributed by atoms with Gasteiger partial charge in [0, 0.05) is 42.7 Å². The van der Waals surface area contributed by atoms with E-state index in [4.69, 9.17) is 0 Å². The van der Waals surface area contributed by atoms with Crippen LogP contribution >= 0.6 is 0 Å². The van der Waals surface area contributed by atoms with E-state index in [0.717, 1.165) is 24.1 Å². The van der Waals surface area contributed by atoms with E-state index in [1.54, 1.807) is 30.9 Å². The molecule has 2 unspecified atom stereocenters. The summed E-state index contributed by atoms with van der Waals surface area (Å²) in [6, 6.07) is 9.16. The minimum Gasteiger partial charge on any atom is -0.593 e. The first kappa shape index (κ1) is 20.2. The molecular formula is C21H22N6O2S. The summed E-state index contributed by atoms with van der Waals surface area (Å²) in [6.45, 7) is 1.93. The highest BCUT2D eigenvalue weighted by molar-refractivity contribution is 7.93. The fourth-order valence-electron chi connectivity index (χ4n) is 3.00. The zero-order chi connectivity index (χ0) is 20.9. The molecule has 154 valence electrons. The van der Waals surface area contributed by atoms with Gasteiger partial charge in [-0.15, -0.1) is 0 Å². The van der Waals surface area contributed by atoms with Crippen LogP contribution in [0.4, 0.5) is 11.6 Å². The number of nitrogens with zero attached hydrogens (tertiary/aromatic N) is 4. The van der Waals surface area contributed by atoms with Gasteiger partial charge < -0.3 is 9.87 Å². The van der Waals surface area contributed by atoms with Crippen molar-refractivity contribution < 1.29 is 9.35 Å². The molecule has 0 aliphatic heterocycles. The van der Waals surface area contributed by atoms with Crippen LogP contribution in [0.5, 0.6) is 0 Å². The van der Waals surface area contributed by atoms with Crippen molar-refractivity contribution in [1.29, 1.82) is 0 Å². The molecule has 2 aromatic heterocycles. The molecule has 1 aliphatic carbocycles. The summed E-state index contributed by atoms with van der Waals surface area (Å²) in [4.78, 5) is 29.8. The van der Waals surface area contributed by atoms with Gasteiger partial charge in [-0.2, -0.15) is 4.72 Å². The van der Waals surface area contributed by atoms with Crippen molar-refractivity contribution in [3.63, 3.8) is 0 Å². The van der Waals surface area contributed by atoms with Crippen LogP contribution < -0.4 is 10.0 Å². The monoisotopic (exact) mass is 422 g/mol. The average Bonchev–Trinajstić information content (AvgIpc) is 3.61. The SMILES string of the molecule is CCC(C(=O)Nc1ccc(-c2cnccn2)cc1)c1ccnc(N[S+]([O-])C2CC2)n1. The van der Waals surface area contributed by atoms with Crippen LogP contribution in [0, 0.1) is 0 Å². The number of anilines is 2. The van der Waals surface area contributed by atoms with Crippen LogP contribution in [0.3, 0.4) is 0 Å². The molecule has 0 radical (unpaired) electrons. The van der Waals surface area contributed by atoms with Gasteiger partial charge in [-0.1, -0.05) is 19.1 Å². The van der Waals surface area contributed by atoms with Crippen molar-refractivity contribution in [1.82, 2.24) is 19.9 Å². The number of hydrogen-bond donors (Lipinski definition) is 2. The van der Waals surface area contributed by atoms with Gasteiger partial charge in [-0.25, -0.2) is 9.97 Å². The van der Waals surface area contributed by atoms with E-state index in [1.807, 2.05) is 31.2 Å². The zero-order valence-corrected chi connectivity index (χ0v) is 17.3. The van der Waals surface area contributed by atoms with Crippen molar-refractivity contribution in [3.8, 4) is 11.3 Å². The second-order valence-corrected chi connectivity index (χ2v) is 8.49. The molecule has 1 amide bonds. The number of amides is 1. The molecule has 1 fully saturated rings. The van der Waals surface area contributed by atoms with Crippen LogP contribution in [0.1, 0.15) is 37.8 Å². The standard InChI is InChI=1S/C21H22N6O2S/c1-2-17(18-9-10-24-21(26-18)27-30(29)16-7-8-16)20(28)25-15-5-3-14(4-6-15)19-13-22-11-12-23-19/h3-6,9-13,16-17H,2,7-8H2,1H3,(H,25,28)(H,24,26,27). The van der Waals surface area contributed by atoms with Crippen molar-refractivity contribution >= 4 is 28.9 Å². The number of rotatable bonds is 8. The van der Waals surface area contributed by atoms with E-state index in [9.17, 15) is 9.35 Å². The maximum Gasteiger partial charge on any atom is 0.265 e. The van der Waals surface area contributed by atoms with Crippen molar-refractivity contribution in [2.24, 2.45) is 0 Å². The Morgan fingerprint density at radius 1 is 1.17 bits per heavy atom. The second kappa shape index (κ2) is 9.19. The lowest BCUT2D eigenvalue weighted by Crippen LogP contribution is -2.23. The normalized spacial score (nSPS) is 15.3. The molecular weight excluding hydrogens is 400 g/mol. The third-order valence-electron chi connectivity index (χ3n) is 4.79. The first-order valence-electron chi connectivity index (χ1n) is 9.81. The average molecular weight is 423 g/mol. The fraction of sp³-hybridized carbons (Fsp3) is 0.286. The van der Waals surface area contributed by atoms with E-state index in [-0.39, 0.29) is 17.1 Å². The third kappa shape index (κ3) is 4.92. The maximum atomic E-state index is 12.9. The molecule has 2 N–H and O–H groups in total. The summed E-state index contributed by atoms with van der Waals surface area (Å²) < 4.78 is 14.9. The summed E-state index contributed by atoms with van der Waals surface area (Å²) in [6.07, 6.45) is 9.02. The largest absolute Gasteiger partial charge is 0.593 e. The van der Waals surface area contributed by atoms with Gasteiger partial charge in [0.2, 0.25) is 5.91 Å². The molecule has 1 aliphatic rings. The van der Waals surface area contributed by atoms with Crippen LogP contribution in [0.25, 0.3) is 11.3 Å². The molecule has 1 saturated carbocycles. The Morgan fingerprint density at radius 2 is 1.97 bits per heavy atom. The number of hydrogen-bond acceptors (Lipinski definition) is 7. The van der Waals surface area contributed by atoms with Gasteiger partial charge in [-0.3, -0.25) is 14.8 Å². The number of carbonyl (C=O) groups excluding carboxylic acids is 1. The van der Waals surface area contributed by atoms with Gasteiger partial charge >= 0.3 is 0 Å². The van der Waals surface area contributed by atoms with E-state index < -0.39 is 17.3 Å². The molecule has 2 heterocycles. The number of aromatic nitrogens is 4. The first-order chi connectivity index (χ1) is 14.6. The Kier molecular flexibility index (Phi) is 6.20. The van der Waals surface area contributed by atoms with Crippen LogP contribution in [0.2, 0.25) is 0 Å². The molecule has 2 atom stereocenters. The molecule has 0 saturated heterocycles. The minimum absolute atomic E-state index is 0.155. The Labute approximate surface area is 177 Å². The number of benzene rings is 1. The molecule has 0 bridgehead atoms. The lowest BCUT2D eigenvalue weighted by molar-refractivity contribution is -0.117. The predicted molar refractivity (Wildman–Crippen MR) is 116 cm³/mol. The second-order valence-electron chi connectivity index (χ2n) is 7.02. The fourth-order valence-corrected chi connectivity index (χ4v) is 4.01. The third-order valence-corrected chi connectivity index (χ3v) is 6.25. The number of carbonyl (C=O) groups is 1. The van der Waals surface area contributed by atoms with Crippen LogP contribution in [0.15, 0.2) is 55.1 Å². The van der Waals surface area contributed by atoms with E-state index in [1.165, 1.54) is 0 Å². The van der Waals surface area contributed by atoms with Crippen molar-refractivity contribution in [3.05, 3.63) is 60.8 Å². The van der Waals surface area contributed by atoms with Crippen LogP contribution in [-0.4, -0.2) is 35.6 Å². The summed E-state index contributed by atoms with van der Waals surface area (Å²) in [7, 11) is 0. The van der Waals surface area contributed by atoms with Gasteiger partial charge in [0.15, 0.2) is 0 Å². The first-order valence-corrected chi connectivity index (χ1v) is 11.0. The van der Waals surface area contributed by atoms with E-state index in [0.29, 0.717) is 17.8 Å². The molecule has 4 rings (SSSR count). The lowest BCUT2D eigenvalue weighted by Gasteiger charge is -2.16. The summed E-state index contributed by atoms with van der Waals surface area (Å²) in [5.41, 5.74) is 2.97. The van der Waals surface area contributed by atoms with Gasteiger partial charge in [0.25, 0.3) is 5.95 Å². The quantitative estimate of drug-likeness (QED) is 0.535. The van der Waals surface area contributed by atoms with Crippen LogP contribution in [-0.2, 0) is 16.2 Å². The highest BCUT2D eigenvalue weighted by atomic mass is 32.2. The summed E-state index contributed by atoms with van der Waals surface area (Å²) in [5.74, 6) is -0.308. The maximum absolute atomic E-state index is 12.9. The summed E-state index contributed by atoms with van der Waals surface area (Å²) >= 11 is -1.18. The van der Waals surface area contributed by atoms with Crippen molar-refractivity contribution in [2.45, 2.75) is 37.4 Å². The lowest BCUT2D eigenvalue weighted by atomic mass is 10.0. The molecule has 1 aromatic carbocycles. The predicted octanol–water partition coefficient (Wildman–Crippen LogP) is 3.30. The van der Waals surface area contributed by atoms with E-state index in [2.05, 4.69) is 30.0 Å². The smallest absolute Gasteiger partial charge is 0.265 e. The van der Waals surface area contributed by atoms with Gasteiger partial charge in [0.1, 0.15) is 5.25 Å². The van der Waals surface area contributed by atoms with Crippen molar-refractivity contribution in [2.75, 3.05) is 10.0 Å². The molecule has 9 heteroatoms. The summed E-state index contributed by atoms with van der Waals surface area (Å²) in [5, 5.41) is 3.12. The Balaban J connectivity index is 1.44. The molecule has 0 spiro atoms. The highest BCUT2D eigenvalue weighted by Crippen LogP contribution is 2.29. The molecule has 8 nitrogen and oxygen atoms in total. The Bertz CT molecular complexity index is 998. The highest BCUT2D eigenvalue weighted by Gasteiger charge is 2.35. The minimum atomic E-state index is -1.18. The number of nitrogens with one attached hydrogen (secondary N) is 2. The van der Waals surface area contributed by atoms with Gasteiger partial charge in [-0.05, 0) is 24.6 Å². The molecule has 3 aromatic rings.